The van der Waals surface area contributed by atoms with Crippen LogP contribution < -0.4 is 0 Å². The minimum Gasteiger partial charge on any atom is -0.529 e. The molecule has 0 saturated heterocycles. The second-order valence-corrected chi connectivity index (χ2v) is 7.27. The highest BCUT2D eigenvalue weighted by Crippen LogP contribution is 2.36. The summed E-state index contributed by atoms with van der Waals surface area (Å²) in [6.45, 7) is 6.98. The normalized spacial score (nSPS) is 11.8. The molecule has 0 spiro atoms. The molecule has 0 saturated carbocycles. The molecule has 0 aliphatic rings. The maximum Gasteiger partial charge on any atom is 0.291 e. The van der Waals surface area contributed by atoms with Crippen LogP contribution in [0.5, 0.6) is 0 Å². The van der Waals surface area contributed by atoms with E-state index < -0.39 is 0 Å². The quantitative estimate of drug-likeness (QED) is 0.336. The SMILES string of the molecule is CCCCCCC(C)(CCCCCC)CCCC(=O)O[SiH3]. The molecule has 0 N–H and O–H groups in total. The van der Waals surface area contributed by atoms with Crippen LogP contribution in [0.15, 0.2) is 0 Å². The molecule has 0 atom stereocenters. The number of unbranched alkanes of at least 4 members (excludes halogenated alkanes) is 6. The molecule has 126 valence electrons. The second-order valence-electron chi connectivity index (χ2n) is 6.86. The van der Waals surface area contributed by atoms with Crippen molar-refractivity contribution in [3.8, 4) is 0 Å². The van der Waals surface area contributed by atoms with Gasteiger partial charge in [0.05, 0.1) is 0 Å². The molecular weight excluding hydrogens is 276 g/mol. The van der Waals surface area contributed by atoms with Gasteiger partial charge in [-0.2, -0.15) is 0 Å². The highest BCUT2D eigenvalue weighted by atomic mass is 28.2. The standard InChI is InChI=1S/C18H38O2Si/c1-4-6-8-10-14-18(3,15-11-9-7-5-2)16-12-13-17(19)20-21/h4-16H2,1-3,21H3. The molecule has 0 bridgehead atoms. The van der Waals surface area contributed by atoms with E-state index in [0.29, 0.717) is 22.3 Å². The van der Waals surface area contributed by atoms with Crippen molar-refractivity contribution in [2.24, 2.45) is 5.41 Å². The minimum atomic E-state index is 0.000910. The van der Waals surface area contributed by atoms with Gasteiger partial charge in [0.15, 0.2) is 0 Å². The van der Waals surface area contributed by atoms with Crippen molar-refractivity contribution in [3.05, 3.63) is 0 Å². The molecule has 0 rings (SSSR count). The maximum absolute atomic E-state index is 11.3. The fourth-order valence-electron chi connectivity index (χ4n) is 3.09. The van der Waals surface area contributed by atoms with Crippen LogP contribution >= 0.6 is 0 Å². The lowest BCUT2D eigenvalue weighted by atomic mass is 9.76. The largest absolute Gasteiger partial charge is 0.529 e. The van der Waals surface area contributed by atoms with Gasteiger partial charge in [-0.1, -0.05) is 72.1 Å². The van der Waals surface area contributed by atoms with Gasteiger partial charge < -0.3 is 4.43 Å². The smallest absolute Gasteiger partial charge is 0.291 e. The van der Waals surface area contributed by atoms with Crippen LogP contribution in [0.3, 0.4) is 0 Å². The maximum atomic E-state index is 11.3. The van der Waals surface area contributed by atoms with Crippen LogP contribution in [0.2, 0.25) is 0 Å². The zero-order valence-corrected chi connectivity index (χ0v) is 17.0. The van der Waals surface area contributed by atoms with Gasteiger partial charge >= 0.3 is 0 Å². The van der Waals surface area contributed by atoms with E-state index in [9.17, 15) is 4.79 Å². The van der Waals surface area contributed by atoms with Crippen LogP contribution in [-0.4, -0.2) is 16.5 Å². The Bertz CT molecular complexity index is 242. The third-order valence-electron chi connectivity index (χ3n) is 4.66. The van der Waals surface area contributed by atoms with Crippen LogP contribution in [0.25, 0.3) is 0 Å². The molecule has 3 heteroatoms. The van der Waals surface area contributed by atoms with Gasteiger partial charge in [-0.3, -0.25) is 4.79 Å². The summed E-state index contributed by atoms with van der Waals surface area (Å²) in [6, 6.07) is 0. The molecule has 0 aromatic rings. The first-order chi connectivity index (χ1) is 10.1. The van der Waals surface area contributed by atoms with E-state index in [1.807, 2.05) is 0 Å². The summed E-state index contributed by atoms with van der Waals surface area (Å²) in [5, 5.41) is 0. The van der Waals surface area contributed by atoms with Gasteiger partial charge in [-0.25, -0.2) is 0 Å². The summed E-state index contributed by atoms with van der Waals surface area (Å²) < 4.78 is 4.89. The van der Waals surface area contributed by atoms with Crippen LogP contribution in [0.1, 0.15) is 104 Å². The van der Waals surface area contributed by atoms with Gasteiger partial charge in [-0.05, 0) is 31.1 Å². The molecule has 0 unspecified atom stereocenters. The lowest BCUT2D eigenvalue weighted by molar-refractivity contribution is -0.134. The van der Waals surface area contributed by atoms with Gasteiger partial charge in [0.25, 0.3) is 5.97 Å². The van der Waals surface area contributed by atoms with Crippen LogP contribution in [0.4, 0.5) is 0 Å². The Morgan fingerprint density at radius 3 is 1.76 bits per heavy atom. The topological polar surface area (TPSA) is 26.3 Å². The number of rotatable bonds is 14. The van der Waals surface area contributed by atoms with E-state index >= 15 is 0 Å². The third-order valence-corrected chi connectivity index (χ3v) is 5.11. The summed E-state index contributed by atoms with van der Waals surface area (Å²) in [5.41, 5.74) is 0.437. The van der Waals surface area contributed by atoms with Crippen molar-refractivity contribution >= 4 is 16.5 Å². The molecule has 0 aromatic carbocycles. The number of hydrogen-bond donors (Lipinski definition) is 0. The van der Waals surface area contributed by atoms with Crippen molar-refractivity contribution < 1.29 is 9.22 Å². The first-order valence-electron chi connectivity index (χ1n) is 9.14. The minimum absolute atomic E-state index is 0.000910. The van der Waals surface area contributed by atoms with Crippen molar-refractivity contribution in [2.45, 2.75) is 104 Å². The van der Waals surface area contributed by atoms with Gasteiger partial charge in [0.2, 0.25) is 10.5 Å². The summed E-state index contributed by atoms with van der Waals surface area (Å²) in [5.74, 6) is 0.000910. The molecule has 0 radical (unpaired) electrons. The zero-order valence-electron chi connectivity index (χ0n) is 15.0. The molecule has 2 nitrogen and oxygen atoms in total. The Balaban J connectivity index is 4.13. The zero-order chi connectivity index (χ0) is 16.0. The summed E-state index contributed by atoms with van der Waals surface area (Å²) >= 11 is 0. The molecule has 0 amide bonds. The number of carbonyl (C=O) groups is 1. The lowest BCUT2D eigenvalue weighted by Gasteiger charge is -2.30. The van der Waals surface area contributed by atoms with Gasteiger partial charge in [0, 0.05) is 6.42 Å². The summed E-state index contributed by atoms with van der Waals surface area (Å²) in [4.78, 5) is 11.3. The predicted molar refractivity (Wildman–Crippen MR) is 95.5 cm³/mol. The fourth-order valence-corrected chi connectivity index (χ4v) is 3.30. The van der Waals surface area contributed by atoms with Gasteiger partial charge in [-0.15, -0.1) is 0 Å². The highest BCUT2D eigenvalue weighted by molar-refractivity contribution is 6.05. The molecule has 0 aliphatic carbocycles. The third kappa shape index (κ3) is 12.0. The Hall–Kier alpha value is -0.313. The fraction of sp³-hybridized carbons (Fsp3) is 0.944. The van der Waals surface area contributed by atoms with E-state index in [1.54, 1.807) is 0 Å². The van der Waals surface area contributed by atoms with Crippen molar-refractivity contribution in [3.63, 3.8) is 0 Å². The highest BCUT2D eigenvalue weighted by Gasteiger charge is 2.23. The van der Waals surface area contributed by atoms with E-state index in [2.05, 4.69) is 20.8 Å². The van der Waals surface area contributed by atoms with Crippen molar-refractivity contribution in [1.29, 1.82) is 0 Å². The lowest BCUT2D eigenvalue weighted by Crippen LogP contribution is -2.17. The average Bonchev–Trinajstić information content (AvgIpc) is 2.48. The monoisotopic (exact) mass is 314 g/mol. The number of carbonyl (C=O) groups excluding carboxylic acids is 1. The van der Waals surface area contributed by atoms with Crippen LogP contribution in [-0.2, 0) is 9.22 Å². The predicted octanol–water partition coefficient (Wildman–Crippen LogP) is 4.93. The first-order valence-corrected chi connectivity index (χ1v) is 9.96. The second kappa shape index (κ2) is 13.4. The Morgan fingerprint density at radius 2 is 1.33 bits per heavy atom. The van der Waals surface area contributed by atoms with E-state index in [1.165, 1.54) is 70.6 Å². The van der Waals surface area contributed by atoms with Crippen molar-refractivity contribution in [2.75, 3.05) is 0 Å². The molecule has 0 aromatic heterocycles. The molecule has 0 heterocycles. The van der Waals surface area contributed by atoms with Crippen LogP contribution in [0, 0.1) is 5.41 Å². The number of hydrogen-bond acceptors (Lipinski definition) is 2. The Labute approximate surface area is 136 Å². The summed E-state index contributed by atoms with van der Waals surface area (Å²) in [6.07, 6.45) is 16.2. The van der Waals surface area contributed by atoms with Crippen molar-refractivity contribution in [1.82, 2.24) is 0 Å². The summed E-state index contributed by atoms with van der Waals surface area (Å²) in [7, 11) is 0.534. The Morgan fingerprint density at radius 1 is 0.857 bits per heavy atom. The van der Waals surface area contributed by atoms with E-state index in [4.69, 9.17) is 4.43 Å². The molecule has 0 fully saturated rings. The Kier molecular flexibility index (Phi) is 13.2. The van der Waals surface area contributed by atoms with E-state index in [0.717, 1.165) is 6.42 Å². The van der Waals surface area contributed by atoms with Gasteiger partial charge in [0.1, 0.15) is 0 Å². The molecule has 21 heavy (non-hydrogen) atoms. The first kappa shape index (κ1) is 20.7. The molecular formula is C18H38O2Si. The van der Waals surface area contributed by atoms with E-state index in [-0.39, 0.29) is 5.97 Å². The molecule has 0 aliphatic heterocycles. The average molecular weight is 315 g/mol.